The van der Waals surface area contributed by atoms with Crippen molar-refractivity contribution in [3.8, 4) is 0 Å². The Hall–Kier alpha value is 0.876. The molecule has 0 aliphatic heterocycles. The second kappa shape index (κ2) is 15.4. The van der Waals surface area contributed by atoms with Crippen molar-refractivity contribution in [1.82, 2.24) is 0 Å². The number of phosphoric acid groups is 1. The average Bonchev–Trinajstić information content (AvgIpc) is 2.47. The van der Waals surface area contributed by atoms with E-state index in [4.69, 9.17) is 9.05 Å². The summed E-state index contributed by atoms with van der Waals surface area (Å²) in [6.45, 7) is 9.10. The minimum Gasteiger partial charge on any atom is -1.00 e. The number of hydrogen-bond donors (Lipinski definition) is 1. The molecule has 1 N–H and O–H groups in total. The molecule has 2 unspecified atom stereocenters. The number of unbranched alkanes of at least 4 members (excludes halogenated alkanes) is 2. The monoisotopic (exact) mass is 348 g/mol. The Morgan fingerprint density at radius 3 is 1.55 bits per heavy atom. The molecule has 6 heteroatoms. The van der Waals surface area contributed by atoms with Gasteiger partial charge in [-0.15, -0.1) is 0 Å². The molecule has 0 aromatic heterocycles. The van der Waals surface area contributed by atoms with Crippen molar-refractivity contribution < 1.29 is 21.4 Å². The number of hydrogen-bond acceptors (Lipinski definition) is 3. The molecular formula is C16H37MgO4P. The van der Waals surface area contributed by atoms with Gasteiger partial charge in [0.15, 0.2) is 0 Å². The molecular weight excluding hydrogens is 311 g/mol. The van der Waals surface area contributed by atoms with Gasteiger partial charge in [-0.25, -0.2) is 4.57 Å². The molecule has 0 radical (unpaired) electrons. The Labute approximate surface area is 156 Å². The van der Waals surface area contributed by atoms with Crippen molar-refractivity contribution in [2.75, 3.05) is 13.2 Å². The minimum absolute atomic E-state index is 0. The second-order valence-corrected chi connectivity index (χ2v) is 7.35. The van der Waals surface area contributed by atoms with Gasteiger partial charge in [0.1, 0.15) is 0 Å². The van der Waals surface area contributed by atoms with Gasteiger partial charge in [0, 0.05) is 0 Å². The van der Waals surface area contributed by atoms with Crippen LogP contribution < -0.4 is 0 Å². The summed E-state index contributed by atoms with van der Waals surface area (Å²) in [4.78, 5) is 9.77. The quantitative estimate of drug-likeness (QED) is 0.337. The maximum atomic E-state index is 11.9. The topological polar surface area (TPSA) is 55.8 Å². The standard InChI is InChI=1S/C16H35O4P.Mg.2H/c1-5-9-11-15(7-3)13-19-21(17,18)20-14-16(8-4)12-10-6-2;;;/h15-16H,5-14H2,1-4H3,(H,17,18);;;/q;+2;2*-1. The van der Waals surface area contributed by atoms with Crippen molar-refractivity contribution in [2.45, 2.75) is 79.1 Å². The van der Waals surface area contributed by atoms with Crippen molar-refractivity contribution in [1.29, 1.82) is 0 Å². The number of rotatable bonds is 14. The van der Waals surface area contributed by atoms with E-state index in [-0.39, 0.29) is 25.9 Å². The van der Waals surface area contributed by atoms with Gasteiger partial charge in [0.05, 0.1) is 13.2 Å². The van der Waals surface area contributed by atoms with E-state index in [2.05, 4.69) is 27.7 Å². The molecule has 0 aliphatic carbocycles. The smallest absolute Gasteiger partial charge is 1.00 e. The van der Waals surface area contributed by atoms with Crippen molar-refractivity contribution in [3.05, 3.63) is 0 Å². The van der Waals surface area contributed by atoms with E-state index in [9.17, 15) is 9.46 Å². The Balaban J connectivity index is -0.000000667. The molecule has 0 bridgehead atoms. The van der Waals surface area contributed by atoms with Crippen LogP contribution in [0.25, 0.3) is 0 Å². The maximum absolute atomic E-state index is 11.9. The van der Waals surface area contributed by atoms with Gasteiger partial charge in [0.25, 0.3) is 0 Å². The summed E-state index contributed by atoms with van der Waals surface area (Å²) in [6, 6.07) is 0. The van der Waals surface area contributed by atoms with Crippen LogP contribution in [0.1, 0.15) is 81.9 Å². The van der Waals surface area contributed by atoms with E-state index < -0.39 is 7.82 Å². The predicted octanol–water partition coefficient (Wildman–Crippen LogP) is 5.40. The van der Waals surface area contributed by atoms with Crippen LogP contribution in [0.15, 0.2) is 0 Å². The normalized spacial score (nSPS) is 16.6. The summed E-state index contributed by atoms with van der Waals surface area (Å²) >= 11 is 0. The van der Waals surface area contributed by atoms with Gasteiger partial charge in [-0.3, -0.25) is 9.05 Å². The third-order valence-corrected chi connectivity index (χ3v) is 4.98. The molecule has 0 amide bonds. The zero-order chi connectivity index (χ0) is 16.1. The second-order valence-electron chi connectivity index (χ2n) is 5.89. The fourth-order valence-corrected chi connectivity index (χ4v) is 3.11. The van der Waals surface area contributed by atoms with E-state index >= 15 is 0 Å². The largest absolute Gasteiger partial charge is 2.00 e. The third kappa shape index (κ3) is 13.3. The molecule has 0 rings (SSSR count). The van der Waals surface area contributed by atoms with Crippen LogP contribution >= 0.6 is 7.82 Å². The molecule has 4 nitrogen and oxygen atoms in total. The zero-order valence-corrected chi connectivity index (χ0v) is 17.4. The first kappa shape index (κ1) is 25.1. The van der Waals surface area contributed by atoms with E-state index in [1.165, 1.54) is 0 Å². The van der Waals surface area contributed by atoms with Gasteiger partial charge in [-0.2, -0.15) is 0 Å². The van der Waals surface area contributed by atoms with Gasteiger partial charge in [-0.1, -0.05) is 66.2 Å². The molecule has 2 atom stereocenters. The molecule has 0 heterocycles. The molecule has 0 aliphatic rings. The van der Waals surface area contributed by atoms with Crippen LogP contribution in [0.5, 0.6) is 0 Å². The Morgan fingerprint density at radius 1 is 0.909 bits per heavy atom. The number of phosphoric ester groups is 1. The van der Waals surface area contributed by atoms with Crippen molar-refractivity contribution in [3.63, 3.8) is 0 Å². The van der Waals surface area contributed by atoms with Crippen LogP contribution in [0.2, 0.25) is 0 Å². The van der Waals surface area contributed by atoms with Crippen LogP contribution in [-0.4, -0.2) is 41.2 Å². The maximum Gasteiger partial charge on any atom is 2.00 e. The van der Waals surface area contributed by atoms with Crippen LogP contribution in [0, 0.1) is 11.8 Å². The summed E-state index contributed by atoms with van der Waals surface area (Å²) < 4.78 is 22.2. The van der Waals surface area contributed by atoms with E-state index in [1.807, 2.05) is 0 Å². The first-order chi connectivity index (χ1) is 9.99. The molecule has 132 valence electrons. The first-order valence-corrected chi connectivity index (χ1v) is 10.1. The molecule has 0 aromatic rings. The minimum atomic E-state index is -3.89. The van der Waals surface area contributed by atoms with Gasteiger partial charge >= 0.3 is 30.9 Å². The van der Waals surface area contributed by atoms with E-state index in [0.29, 0.717) is 25.0 Å². The van der Waals surface area contributed by atoms with Gasteiger partial charge in [0.2, 0.25) is 0 Å². The molecule has 0 spiro atoms. The summed E-state index contributed by atoms with van der Waals surface area (Å²) in [5.41, 5.74) is 0. The molecule has 0 aromatic carbocycles. The van der Waals surface area contributed by atoms with Gasteiger partial charge < -0.3 is 7.75 Å². The van der Waals surface area contributed by atoms with Gasteiger partial charge in [-0.05, 0) is 24.7 Å². The summed E-state index contributed by atoms with van der Waals surface area (Å²) in [5, 5.41) is 0. The average molecular weight is 349 g/mol. The SMILES string of the molecule is CCCCC(CC)COP(=O)(O)OCC(CC)CCCC.[H-].[H-].[Mg+2]. The Morgan fingerprint density at radius 2 is 1.27 bits per heavy atom. The molecule has 0 saturated carbocycles. The van der Waals surface area contributed by atoms with Crippen molar-refractivity contribution >= 4 is 30.9 Å². The van der Waals surface area contributed by atoms with Crippen LogP contribution in [-0.2, 0) is 13.6 Å². The van der Waals surface area contributed by atoms with Crippen molar-refractivity contribution in [2.24, 2.45) is 11.8 Å². The van der Waals surface area contributed by atoms with Crippen LogP contribution in [0.3, 0.4) is 0 Å². The summed E-state index contributed by atoms with van der Waals surface area (Å²) in [5.74, 6) is 0.687. The molecule has 0 saturated heterocycles. The summed E-state index contributed by atoms with van der Waals surface area (Å²) in [7, 11) is -3.89. The molecule has 22 heavy (non-hydrogen) atoms. The van der Waals surface area contributed by atoms with E-state index in [1.54, 1.807) is 0 Å². The Kier molecular flexibility index (Phi) is 17.6. The molecule has 0 fully saturated rings. The first-order valence-electron chi connectivity index (χ1n) is 8.60. The van der Waals surface area contributed by atoms with E-state index in [0.717, 1.165) is 51.4 Å². The Bertz CT molecular complexity index is 275. The zero-order valence-electron chi connectivity index (χ0n) is 17.1. The fourth-order valence-electron chi connectivity index (χ4n) is 2.23. The summed E-state index contributed by atoms with van der Waals surface area (Å²) in [6.07, 6.45) is 8.56. The fraction of sp³-hybridized carbons (Fsp3) is 1.00. The predicted molar refractivity (Wildman–Crippen MR) is 96.3 cm³/mol. The van der Waals surface area contributed by atoms with Crippen LogP contribution in [0.4, 0.5) is 0 Å². The third-order valence-electron chi connectivity index (χ3n) is 4.03.